The molecule has 1 aliphatic heterocycles. The van der Waals surface area contributed by atoms with Crippen molar-refractivity contribution in [2.24, 2.45) is 0 Å². The van der Waals surface area contributed by atoms with E-state index in [0.29, 0.717) is 10.9 Å². The summed E-state index contributed by atoms with van der Waals surface area (Å²) in [5, 5.41) is 29.6. The third-order valence-corrected chi connectivity index (χ3v) is 5.37. The zero-order valence-corrected chi connectivity index (χ0v) is 13.2. The van der Waals surface area contributed by atoms with Crippen LogP contribution in [-0.4, -0.2) is 72.8 Å². The Balaban J connectivity index is 1.94. The van der Waals surface area contributed by atoms with Crippen LogP contribution in [0.25, 0.3) is 0 Å². The SMILES string of the molecule is CO[C@H]1O[C@H](C[Se]C(=O)c2ccccc2)[C@@H](O)[C@H](O)[C@H]1O. The Morgan fingerprint density at radius 2 is 1.86 bits per heavy atom. The second-order valence-corrected chi connectivity index (χ2v) is 6.80. The van der Waals surface area contributed by atoms with E-state index in [1.807, 2.05) is 6.07 Å². The van der Waals surface area contributed by atoms with Gasteiger partial charge in [-0.25, -0.2) is 0 Å². The predicted molar refractivity (Wildman–Crippen MR) is 75.0 cm³/mol. The summed E-state index contributed by atoms with van der Waals surface area (Å²) in [6.45, 7) is 0. The van der Waals surface area contributed by atoms with Crippen molar-refractivity contribution in [2.45, 2.75) is 36.0 Å². The molecule has 0 bridgehead atoms. The fraction of sp³-hybridized carbons (Fsp3) is 0.500. The normalized spacial score (nSPS) is 32.9. The average molecular weight is 361 g/mol. The number of benzene rings is 1. The van der Waals surface area contributed by atoms with Crippen molar-refractivity contribution in [3.8, 4) is 0 Å². The van der Waals surface area contributed by atoms with Gasteiger partial charge in [0.05, 0.1) is 0 Å². The number of carbonyl (C=O) groups excluding carboxylic acids is 1. The van der Waals surface area contributed by atoms with Crippen LogP contribution in [0, 0.1) is 0 Å². The van der Waals surface area contributed by atoms with Gasteiger partial charge in [0, 0.05) is 0 Å². The van der Waals surface area contributed by atoms with E-state index >= 15 is 0 Å². The van der Waals surface area contributed by atoms with Gasteiger partial charge in [0.2, 0.25) is 0 Å². The molecule has 1 heterocycles. The van der Waals surface area contributed by atoms with Gasteiger partial charge in [-0.1, -0.05) is 0 Å². The second kappa shape index (κ2) is 7.47. The van der Waals surface area contributed by atoms with Gasteiger partial charge in [0.25, 0.3) is 0 Å². The van der Waals surface area contributed by atoms with Crippen LogP contribution in [-0.2, 0) is 9.47 Å². The van der Waals surface area contributed by atoms with Gasteiger partial charge in [0.1, 0.15) is 0 Å². The zero-order chi connectivity index (χ0) is 15.4. The fourth-order valence-corrected chi connectivity index (χ4v) is 3.94. The molecule has 1 fully saturated rings. The van der Waals surface area contributed by atoms with Crippen molar-refractivity contribution in [2.75, 3.05) is 7.11 Å². The first-order chi connectivity index (χ1) is 10.0. The van der Waals surface area contributed by atoms with Gasteiger partial charge in [0.15, 0.2) is 0 Å². The molecule has 7 heteroatoms. The van der Waals surface area contributed by atoms with E-state index in [4.69, 9.17) is 9.47 Å². The number of hydrogen-bond acceptors (Lipinski definition) is 6. The molecule has 0 aliphatic carbocycles. The van der Waals surface area contributed by atoms with Gasteiger partial charge in [-0.05, 0) is 0 Å². The minimum atomic E-state index is -1.35. The summed E-state index contributed by atoms with van der Waals surface area (Å²) in [4.78, 5) is 12.0. The molecule has 0 amide bonds. The first-order valence-corrected chi connectivity index (χ1v) is 8.56. The van der Waals surface area contributed by atoms with Crippen LogP contribution in [0.4, 0.5) is 0 Å². The molecule has 21 heavy (non-hydrogen) atoms. The number of aliphatic hydroxyl groups is 3. The monoisotopic (exact) mass is 362 g/mol. The zero-order valence-electron chi connectivity index (χ0n) is 11.5. The predicted octanol–water partition coefficient (Wildman–Crippen LogP) is -0.597. The van der Waals surface area contributed by atoms with Gasteiger partial charge in [-0.2, -0.15) is 0 Å². The number of hydrogen-bond donors (Lipinski definition) is 3. The molecule has 1 aliphatic rings. The third kappa shape index (κ3) is 3.90. The van der Waals surface area contributed by atoms with Crippen molar-refractivity contribution in [3.05, 3.63) is 35.9 Å². The molecule has 5 atom stereocenters. The Morgan fingerprint density at radius 3 is 2.48 bits per heavy atom. The summed E-state index contributed by atoms with van der Waals surface area (Å²) >= 11 is -0.437. The van der Waals surface area contributed by atoms with Gasteiger partial charge >= 0.3 is 128 Å². The first-order valence-electron chi connectivity index (χ1n) is 6.49. The van der Waals surface area contributed by atoms with E-state index < -0.39 is 45.7 Å². The number of rotatable bonds is 5. The molecular weight excluding hydrogens is 343 g/mol. The van der Waals surface area contributed by atoms with Crippen molar-refractivity contribution >= 4 is 19.6 Å². The summed E-state index contributed by atoms with van der Waals surface area (Å²) in [6, 6.07) is 8.88. The molecule has 1 aromatic rings. The molecule has 1 aromatic carbocycles. The Labute approximate surface area is 128 Å². The average Bonchev–Trinajstić information content (AvgIpc) is 2.52. The van der Waals surface area contributed by atoms with Crippen molar-refractivity contribution in [1.29, 1.82) is 0 Å². The molecule has 6 nitrogen and oxygen atoms in total. The van der Waals surface area contributed by atoms with Crippen LogP contribution in [0.5, 0.6) is 0 Å². The maximum absolute atomic E-state index is 12.0. The van der Waals surface area contributed by atoms with E-state index in [-0.39, 0.29) is 4.68 Å². The molecule has 0 spiro atoms. The number of carbonyl (C=O) groups is 1. The van der Waals surface area contributed by atoms with Crippen LogP contribution >= 0.6 is 0 Å². The van der Waals surface area contributed by atoms with Crippen molar-refractivity contribution in [3.63, 3.8) is 0 Å². The second-order valence-electron chi connectivity index (χ2n) is 4.71. The van der Waals surface area contributed by atoms with Crippen LogP contribution < -0.4 is 0 Å². The van der Waals surface area contributed by atoms with Crippen molar-refractivity contribution in [1.82, 2.24) is 0 Å². The van der Waals surface area contributed by atoms with Crippen LogP contribution in [0.1, 0.15) is 10.4 Å². The number of ether oxygens (including phenoxy) is 2. The Kier molecular flexibility index (Phi) is 5.89. The summed E-state index contributed by atoms with van der Waals surface area (Å²) in [5.74, 6) is 0. The van der Waals surface area contributed by atoms with Gasteiger partial charge in [-0.3, -0.25) is 0 Å². The Hall–Kier alpha value is -0.791. The summed E-state index contributed by atoms with van der Waals surface area (Å²) in [6.07, 6.45) is -5.64. The van der Waals surface area contributed by atoms with Gasteiger partial charge < -0.3 is 0 Å². The minimum absolute atomic E-state index is 0.00604. The Bertz CT molecular complexity index is 466. The van der Waals surface area contributed by atoms with Crippen LogP contribution in [0.2, 0.25) is 5.32 Å². The van der Waals surface area contributed by atoms with Crippen LogP contribution in [0.15, 0.2) is 30.3 Å². The molecule has 0 aromatic heterocycles. The van der Waals surface area contributed by atoms with E-state index in [0.717, 1.165) is 0 Å². The third-order valence-electron chi connectivity index (χ3n) is 3.29. The molecule has 0 radical (unpaired) electrons. The van der Waals surface area contributed by atoms with Gasteiger partial charge in [-0.15, -0.1) is 0 Å². The topological polar surface area (TPSA) is 96.2 Å². The molecule has 2 rings (SSSR count). The quantitative estimate of drug-likeness (QED) is 0.607. The Morgan fingerprint density at radius 1 is 1.19 bits per heavy atom. The van der Waals surface area contributed by atoms with Crippen molar-refractivity contribution < 1.29 is 29.6 Å². The standard InChI is InChI=1S/C14H18O6Se/c1-19-14-12(17)11(16)10(15)9(20-14)7-21-13(18)8-5-3-2-4-6-8/h2-6,9-12,14-17H,7H2,1H3/t9-,10-,11+,12-,14+/m1/s1. The fourth-order valence-electron chi connectivity index (χ4n) is 2.06. The van der Waals surface area contributed by atoms with Crippen LogP contribution in [0.3, 0.4) is 0 Å². The van der Waals surface area contributed by atoms with E-state index in [9.17, 15) is 20.1 Å². The van der Waals surface area contributed by atoms with E-state index in [1.54, 1.807) is 24.3 Å². The number of aliphatic hydroxyl groups excluding tert-OH is 3. The number of methoxy groups -OCH3 is 1. The molecule has 0 saturated carbocycles. The van der Waals surface area contributed by atoms with E-state index in [1.165, 1.54) is 7.11 Å². The molecule has 0 unspecified atom stereocenters. The molecular formula is C14H18O6Se. The summed E-state index contributed by atoms with van der Waals surface area (Å²) in [7, 11) is 1.34. The summed E-state index contributed by atoms with van der Waals surface area (Å²) < 4.78 is 10.3. The van der Waals surface area contributed by atoms with E-state index in [2.05, 4.69) is 0 Å². The molecule has 1 saturated heterocycles. The molecule has 116 valence electrons. The molecule has 3 N–H and O–H groups in total. The maximum atomic E-state index is 12.0. The first kappa shape index (κ1) is 16.6. The summed E-state index contributed by atoms with van der Waals surface area (Å²) in [5.41, 5.74) is 0.617.